The maximum absolute atomic E-state index is 12.0. The van der Waals surface area contributed by atoms with Crippen LogP contribution in [0.5, 0.6) is 0 Å². The first-order chi connectivity index (χ1) is 8.61. The van der Waals surface area contributed by atoms with E-state index in [1.807, 2.05) is 6.07 Å². The van der Waals surface area contributed by atoms with Gasteiger partial charge in [0, 0.05) is 10.2 Å². The van der Waals surface area contributed by atoms with Gasteiger partial charge in [0.1, 0.15) is 6.07 Å². The average Bonchev–Trinajstić information content (AvgIpc) is 2.77. The van der Waals surface area contributed by atoms with Gasteiger partial charge in [0.15, 0.2) is 0 Å². The number of hydrogen-bond donors (Lipinski definition) is 2. The Morgan fingerprint density at radius 3 is 2.94 bits per heavy atom. The molecule has 0 radical (unpaired) electrons. The van der Waals surface area contributed by atoms with Crippen molar-refractivity contribution < 1.29 is 4.79 Å². The van der Waals surface area contributed by atoms with E-state index in [1.165, 1.54) is 6.20 Å². The first-order valence-corrected chi connectivity index (χ1v) is 5.92. The molecule has 6 heteroatoms. The number of nitriles is 1. The van der Waals surface area contributed by atoms with Crippen molar-refractivity contribution in [1.82, 2.24) is 10.2 Å². The maximum Gasteiger partial charge on any atom is 0.259 e. The zero-order valence-corrected chi connectivity index (χ0v) is 11.1. The van der Waals surface area contributed by atoms with Gasteiger partial charge in [-0.1, -0.05) is 15.9 Å². The highest BCUT2D eigenvalue weighted by molar-refractivity contribution is 9.10. The van der Waals surface area contributed by atoms with Gasteiger partial charge in [-0.15, -0.1) is 0 Å². The van der Waals surface area contributed by atoms with E-state index < -0.39 is 0 Å². The molecule has 0 aliphatic carbocycles. The topological polar surface area (TPSA) is 81.6 Å². The summed E-state index contributed by atoms with van der Waals surface area (Å²) < 4.78 is 0.788. The Labute approximate surface area is 112 Å². The molecule has 0 saturated carbocycles. The van der Waals surface area contributed by atoms with Crippen molar-refractivity contribution in [1.29, 1.82) is 5.26 Å². The predicted molar refractivity (Wildman–Crippen MR) is 70.1 cm³/mol. The lowest BCUT2D eigenvalue weighted by molar-refractivity contribution is 0.102. The molecule has 0 bridgehead atoms. The molecule has 18 heavy (non-hydrogen) atoms. The molecule has 0 aliphatic heterocycles. The number of carbonyl (C=O) groups is 1. The molecule has 2 rings (SSSR count). The Morgan fingerprint density at radius 1 is 1.56 bits per heavy atom. The molecule has 2 N–H and O–H groups in total. The number of benzene rings is 1. The van der Waals surface area contributed by atoms with E-state index in [2.05, 4.69) is 31.4 Å². The van der Waals surface area contributed by atoms with E-state index >= 15 is 0 Å². The number of hydrogen-bond acceptors (Lipinski definition) is 3. The summed E-state index contributed by atoms with van der Waals surface area (Å²) in [6.07, 6.45) is 1.45. The van der Waals surface area contributed by atoms with Crippen LogP contribution in [0.3, 0.4) is 0 Å². The highest BCUT2D eigenvalue weighted by Crippen LogP contribution is 2.21. The highest BCUT2D eigenvalue weighted by atomic mass is 79.9. The van der Waals surface area contributed by atoms with Crippen molar-refractivity contribution in [2.75, 3.05) is 5.32 Å². The molecule has 0 fully saturated rings. The van der Waals surface area contributed by atoms with E-state index in [0.29, 0.717) is 22.5 Å². The predicted octanol–water partition coefficient (Wildman–Crippen LogP) is 2.60. The summed E-state index contributed by atoms with van der Waals surface area (Å²) in [6, 6.07) is 7.12. The van der Waals surface area contributed by atoms with Crippen LogP contribution >= 0.6 is 15.9 Å². The standard InChI is InChI=1S/C12H9BrN4O/c1-7-10(6-15-17-7)12(18)16-11-3-2-9(13)4-8(11)5-14/h2-4,6H,1H3,(H,15,17)(H,16,18). The number of anilines is 1. The smallest absolute Gasteiger partial charge is 0.259 e. The molecule has 0 atom stereocenters. The normalized spacial score (nSPS) is 9.83. The van der Waals surface area contributed by atoms with Gasteiger partial charge >= 0.3 is 0 Å². The minimum Gasteiger partial charge on any atom is -0.321 e. The quantitative estimate of drug-likeness (QED) is 0.894. The second-order valence-electron chi connectivity index (χ2n) is 3.66. The van der Waals surface area contributed by atoms with Gasteiger partial charge in [0.25, 0.3) is 5.91 Å². The summed E-state index contributed by atoms with van der Waals surface area (Å²) in [5.74, 6) is -0.292. The number of halogens is 1. The van der Waals surface area contributed by atoms with Crippen molar-refractivity contribution in [3.8, 4) is 6.07 Å². The van der Waals surface area contributed by atoms with E-state index in [1.54, 1.807) is 25.1 Å². The van der Waals surface area contributed by atoms with Crippen LogP contribution < -0.4 is 5.32 Å². The molecule has 1 aromatic carbocycles. The van der Waals surface area contributed by atoms with Crippen molar-refractivity contribution in [3.05, 3.63) is 45.7 Å². The summed E-state index contributed by atoms with van der Waals surface area (Å²) >= 11 is 3.27. The Balaban J connectivity index is 2.28. The number of rotatable bonds is 2. The number of nitrogens with one attached hydrogen (secondary N) is 2. The summed E-state index contributed by atoms with van der Waals surface area (Å²) in [4.78, 5) is 12.0. The summed E-state index contributed by atoms with van der Waals surface area (Å²) in [5.41, 5.74) is 2.02. The van der Waals surface area contributed by atoms with Crippen LogP contribution in [-0.2, 0) is 0 Å². The van der Waals surface area contributed by atoms with Gasteiger partial charge in [-0.3, -0.25) is 9.89 Å². The third-order valence-electron chi connectivity index (χ3n) is 2.42. The average molecular weight is 305 g/mol. The van der Waals surface area contributed by atoms with Crippen LogP contribution in [0.1, 0.15) is 21.6 Å². The molecule has 0 saturated heterocycles. The molecule has 0 aliphatic rings. The number of amides is 1. The van der Waals surface area contributed by atoms with E-state index in [4.69, 9.17) is 5.26 Å². The molecule has 2 aromatic rings. The zero-order valence-electron chi connectivity index (χ0n) is 9.49. The van der Waals surface area contributed by atoms with Crippen molar-refractivity contribution in [3.63, 3.8) is 0 Å². The van der Waals surface area contributed by atoms with Crippen LogP contribution in [0, 0.1) is 18.3 Å². The van der Waals surface area contributed by atoms with Crippen LogP contribution in [0.2, 0.25) is 0 Å². The lowest BCUT2D eigenvalue weighted by Crippen LogP contribution is -2.13. The number of aromatic amines is 1. The zero-order chi connectivity index (χ0) is 13.1. The molecule has 5 nitrogen and oxygen atoms in total. The molecule has 1 heterocycles. The van der Waals surface area contributed by atoms with Gasteiger partial charge in [-0.2, -0.15) is 10.4 Å². The first-order valence-electron chi connectivity index (χ1n) is 5.13. The lowest BCUT2D eigenvalue weighted by Gasteiger charge is -2.06. The Bertz CT molecular complexity index is 642. The largest absolute Gasteiger partial charge is 0.321 e. The third kappa shape index (κ3) is 2.41. The van der Waals surface area contributed by atoms with E-state index in [0.717, 1.165) is 4.47 Å². The SMILES string of the molecule is Cc1[nH]ncc1C(=O)Nc1ccc(Br)cc1C#N. The van der Waals surface area contributed by atoms with Crippen molar-refractivity contribution >= 4 is 27.5 Å². The number of aromatic nitrogens is 2. The molecule has 0 spiro atoms. The fraction of sp³-hybridized carbons (Fsp3) is 0.0833. The first kappa shape index (κ1) is 12.3. The summed E-state index contributed by atoms with van der Waals surface area (Å²) in [6.45, 7) is 1.76. The van der Waals surface area contributed by atoms with Gasteiger partial charge < -0.3 is 5.32 Å². The Hall–Kier alpha value is -2.13. The second-order valence-corrected chi connectivity index (χ2v) is 4.58. The van der Waals surface area contributed by atoms with E-state index in [9.17, 15) is 4.79 Å². The molecular weight excluding hydrogens is 296 g/mol. The third-order valence-corrected chi connectivity index (χ3v) is 2.92. The summed E-state index contributed by atoms with van der Waals surface area (Å²) in [7, 11) is 0. The van der Waals surface area contributed by atoms with Gasteiger partial charge in [-0.05, 0) is 25.1 Å². The maximum atomic E-state index is 12.0. The van der Waals surface area contributed by atoms with Crippen LogP contribution in [0.15, 0.2) is 28.9 Å². The number of nitrogens with zero attached hydrogens (tertiary/aromatic N) is 2. The van der Waals surface area contributed by atoms with E-state index in [-0.39, 0.29) is 5.91 Å². The minimum absolute atomic E-state index is 0.292. The van der Waals surface area contributed by atoms with Crippen molar-refractivity contribution in [2.45, 2.75) is 6.92 Å². The second kappa shape index (κ2) is 5.02. The Morgan fingerprint density at radius 2 is 2.33 bits per heavy atom. The van der Waals surface area contributed by atoms with Crippen molar-refractivity contribution in [2.24, 2.45) is 0 Å². The monoisotopic (exact) mass is 304 g/mol. The van der Waals surface area contributed by atoms with Crippen LogP contribution in [0.25, 0.3) is 0 Å². The molecule has 1 aromatic heterocycles. The highest BCUT2D eigenvalue weighted by Gasteiger charge is 2.12. The van der Waals surface area contributed by atoms with Gasteiger partial charge in [0.2, 0.25) is 0 Å². The summed E-state index contributed by atoms with van der Waals surface area (Å²) in [5, 5.41) is 18.2. The number of H-pyrrole nitrogens is 1. The lowest BCUT2D eigenvalue weighted by atomic mass is 10.2. The number of aryl methyl sites for hydroxylation is 1. The van der Waals surface area contributed by atoms with Crippen LogP contribution in [-0.4, -0.2) is 16.1 Å². The fourth-order valence-corrected chi connectivity index (χ4v) is 1.85. The minimum atomic E-state index is -0.292. The van der Waals surface area contributed by atoms with Crippen LogP contribution in [0.4, 0.5) is 5.69 Å². The van der Waals surface area contributed by atoms with Gasteiger partial charge in [0.05, 0.1) is 23.0 Å². The molecule has 1 amide bonds. The van der Waals surface area contributed by atoms with Gasteiger partial charge in [-0.25, -0.2) is 0 Å². The Kier molecular flexibility index (Phi) is 3.44. The molecule has 0 unspecified atom stereocenters. The molecule has 90 valence electrons. The fourth-order valence-electron chi connectivity index (χ4n) is 1.49. The number of carbonyl (C=O) groups excluding carboxylic acids is 1. The molecular formula is C12H9BrN4O.